The summed E-state index contributed by atoms with van der Waals surface area (Å²) in [6.07, 6.45) is 0. The van der Waals surface area contributed by atoms with Gasteiger partial charge in [0, 0.05) is 23.2 Å². The zero-order chi connectivity index (χ0) is 12.1. The Morgan fingerprint density at radius 3 is 2.88 bits per heavy atom. The third kappa shape index (κ3) is 3.28. The summed E-state index contributed by atoms with van der Waals surface area (Å²) in [7, 11) is 1.93. The van der Waals surface area contributed by atoms with Crippen molar-refractivity contribution in [3.63, 3.8) is 0 Å². The van der Waals surface area contributed by atoms with E-state index in [4.69, 9.17) is 4.74 Å². The Bertz CT molecular complexity index is 482. The number of thiazole rings is 1. The van der Waals surface area contributed by atoms with E-state index >= 15 is 0 Å². The molecule has 0 saturated heterocycles. The van der Waals surface area contributed by atoms with Crippen molar-refractivity contribution in [2.24, 2.45) is 0 Å². The van der Waals surface area contributed by atoms with Crippen LogP contribution in [0.3, 0.4) is 0 Å². The monoisotopic (exact) mass is 248 g/mol. The summed E-state index contributed by atoms with van der Waals surface area (Å²) in [5.74, 6) is 0.926. The fourth-order valence-corrected chi connectivity index (χ4v) is 2.27. The number of ether oxygens (including phenoxy) is 1. The van der Waals surface area contributed by atoms with Crippen molar-refractivity contribution in [1.82, 2.24) is 10.3 Å². The maximum absolute atomic E-state index is 5.80. The number of nitrogens with one attached hydrogen (secondary N) is 1. The molecule has 2 rings (SSSR count). The zero-order valence-corrected chi connectivity index (χ0v) is 10.9. The van der Waals surface area contributed by atoms with Gasteiger partial charge >= 0.3 is 0 Å². The summed E-state index contributed by atoms with van der Waals surface area (Å²) in [5, 5.41) is 6.19. The van der Waals surface area contributed by atoms with Gasteiger partial charge in [0.2, 0.25) is 0 Å². The number of rotatable bonds is 5. The lowest BCUT2D eigenvalue weighted by atomic mass is 10.2. The minimum absolute atomic E-state index is 0.541. The maximum atomic E-state index is 5.80. The van der Waals surface area contributed by atoms with Crippen LogP contribution in [0, 0.1) is 6.92 Å². The second kappa shape index (κ2) is 5.80. The Balaban J connectivity index is 2.03. The average molecular weight is 248 g/mol. The van der Waals surface area contributed by atoms with Gasteiger partial charge in [-0.15, -0.1) is 11.3 Å². The largest absolute Gasteiger partial charge is 0.486 e. The molecule has 0 radical (unpaired) electrons. The van der Waals surface area contributed by atoms with Gasteiger partial charge in [-0.25, -0.2) is 4.98 Å². The number of hydrogen-bond donors (Lipinski definition) is 1. The summed E-state index contributed by atoms with van der Waals surface area (Å²) >= 11 is 1.64. The summed E-state index contributed by atoms with van der Waals surface area (Å²) < 4.78 is 5.80. The second-order valence-electron chi connectivity index (χ2n) is 3.81. The fraction of sp³-hybridized carbons (Fsp3) is 0.308. The summed E-state index contributed by atoms with van der Waals surface area (Å²) in [6, 6.07) is 8.07. The molecule has 4 heteroatoms. The molecule has 0 amide bonds. The molecular formula is C13H16N2OS. The molecule has 1 aromatic carbocycles. The molecule has 90 valence electrons. The Morgan fingerprint density at radius 1 is 1.35 bits per heavy atom. The van der Waals surface area contributed by atoms with Crippen LogP contribution in [0.15, 0.2) is 29.6 Å². The van der Waals surface area contributed by atoms with Gasteiger partial charge in [-0.1, -0.05) is 18.2 Å². The van der Waals surface area contributed by atoms with Crippen LogP contribution in [0.5, 0.6) is 5.75 Å². The predicted molar refractivity (Wildman–Crippen MR) is 70.4 cm³/mol. The molecule has 0 atom stereocenters. The lowest BCUT2D eigenvalue weighted by Crippen LogP contribution is -2.07. The molecule has 0 unspecified atom stereocenters. The summed E-state index contributed by atoms with van der Waals surface area (Å²) in [6.45, 7) is 3.35. The van der Waals surface area contributed by atoms with Crippen LogP contribution in [-0.4, -0.2) is 12.0 Å². The summed E-state index contributed by atoms with van der Waals surface area (Å²) in [5.41, 5.74) is 2.22. The third-order valence-corrected chi connectivity index (χ3v) is 3.30. The first-order valence-electron chi connectivity index (χ1n) is 5.56. The number of aromatic nitrogens is 1. The van der Waals surface area contributed by atoms with E-state index in [-0.39, 0.29) is 0 Å². The van der Waals surface area contributed by atoms with Crippen LogP contribution >= 0.6 is 11.3 Å². The lowest BCUT2D eigenvalue weighted by molar-refractivity contribution is 0.301. The Morgan fingerprint density at radius 2 is 2.18 bits per heavy atom. The Labute approximate surface area is 105 Å². The van der Waals surface area contributed by atoms with Crippen molar-refractivity contribution < 1.29 is 4.74 Å². The highest BCUT2D eigenvalue weighted by atomic mass is 32.1. The molecule has 0 bridgehead atoms. The van der Waals surface area contributed by atoms with Crippen LogP contribution < -0.4 is 10.1 Å². The molecule has 0 aliphatic rings. The van der Waals surface area contributed by atoms with Crippen molar-refractivity contribution in [3.05, 3.63) is 45.9 Å². The van der Waals surface area contributed by atoms with Gasteiger partial charge in [-0.05, 0) is 20.0 Å². The Kier molecular flexibility index (Phi) is 4.12. The van der Waals surface area contributed by atoms with E-state index in [2.05, 4.69) is 16.4 Å². The van der Waals surface area contributed by atoms with Gasteiger partial charge in [0.15, 0.2) is 0 Å². The highest BCUT2D eigenvalue weighted by Crippen LogP contribution is 2.20. The molecule has 2 aromatic rings. The Hall–Kier alpha value is -1.39. The average Bonchev–Trinajstić information content (AvgIpc) is 2.74. The smallest absolute Gasteiger partial charge is 0.140 e. The van der Waals surface area contributed by atoms with Gasteiger partial charge in [0.25, 0.3) is 0 Å². The number of hydrogen-bond acceptors (Lipinski definition) is 4. The molecular weight excluding hydrogens is 232 g/mol. The molecule has 1 heterocycles. The first-order chi connectivity index (χ1) is 8.29. The number of benzene rings is 1. The molecule has 1 aromatic heterocycles. The quantitative estimate of drug-likeness (QED) is 0.883. The SMILES string of the molecule is CNCc1ccccc1OCc1nc(C)cs1. The van der Waals surface area contributed by atoms with Crippen molar-refractivity contribution >= 4 is 11.3 Å². The summed E-state index contributed by atoms with van der Waals surface area (Å²) in [4.78, 5) is 4.38. The van der Waals surface area contributed by atoms with Crippen LogP contribution in [0.25, 0.3) is 0 Å². The first-order valence-corrected chi connectivity index (χ1v) is 6.44. The van der Waals surface area contributed by atoms with E-state index < -0.39 is 0 Å². The van der Waals surface area contributed by atoms with Crippen LogP contribution in [0.2, 0.25) is 0 Å². The molecule has 0 spiro atoms. The molecule has 1 N–H and O–H groups in total. The standard InChI is InChI=1S/C13H16N2OS/c1-10-9-17-13(15-10)8-16-12-6-4-3-5-11(12)7-14-2/h3-6,9,14H,7-8H2,1-2H3. The highest BCUT2D eigenvalue weighted by Gasteiger charge is 2.04. The van der Waals surface area contributed by atoms with E-state index in [9.17, 15) is 0 Å². The topological polar surface area (TPSA) is 34.1 Å². The predicted octanol–water partition coefficient (Wildman–Crippen LogP) is 2.75. The number of para-hydroxylation sites is 1. The van der Waals surface area contributed by atoms with E-state index in [0.717, 1.165) is 23.0 Å². The molecule has 0 saturated carbocycles. The van der Waals surface area contributed by atoms with Crippen molar-refractivity contribution in [2.75, 3.05) is 7.05 Å². The maximum Gasteiger partial charge on any atom is 0.140 e. The van der Waals surface area contributed by atoms with E-state index in [1.807, 2.05) is 37.6 Å². The third-order valence-electron chi connectivity index (χ3n) is 2.36. The number of nitrogens with zero attached hydrogens (tertiary/aromatic N) is 1. The minimum Gasteiger partial charge on any atom is -0.486 e. The van der Waals surface area contributed by atoms with Crippen molar-refractivity contribution in [2.45, 2.75) is 20.1 Å². The van der Waals surface area contributed by atoms with Crippen LogP contribution in [0.1, 0.15) is 16.3 Å². The van der Waals surface area contributed by atoms with Gasteiger partial charge in [0.05, 0.1) is 0 Å². The van der Waals surface area contributed by atoms with Gasteiger partial charge in [0.1, 0.15) is 17.4 Å². The van der Waals surface area contributed by atoms with Crippen LogP contribution in [0.4, 0.5) is 0 Å². The lowest BCUT2D eigenvalue weighted by Gasteiger charge is -2.09. The normalized spacial score (nSPS) is 10.5. The second-order valence-corrected chi connectivity index (χ2v) is 4.75. The van der Waals surface area contributed by atoms with Crippen molar-refractivity contribution in [1.29, 1.82) is 0 Å². The fourth-order valence-electron chi connectivity index (χ4n) is 1.59. The van der Waals surface area contributed by atoms with Gasteiger partial charge in [-0.2, -0.15) is 0 Å². The van der Waals surface area contributed by atoms with Crippen molar-refractivity contribution in [3.8, 4) is 5.75 Å². The van der Waals surface area contributed by atoms with E-state index in [1.54, 1.807) is 11.3 Å². The van der Waals surface area contributed by atoms with Gasteiger partial charge in [-0.3, -0.25) is 0 Å². The molecule has 3 nitrogen and oxygen atoms in total. The molecule has 0 aliphatic carbocycles. The van der Waals surface area contributed by atoms with Crippen LogP contribution in [-0.2, 0) is 13.2 Å². The number of aryl methyl sites for hydroxylation is 1. The van der Waals surface area contributed by atoms with Gasteiger partial charge < -0.3 is 10.1 Å². The molecule has 0 aliphatic heterocycles. The zero-order valence-electron chi connectivity index (χ0n) is 10.1. The molecule has 17 heavy (non-hydrogen) atoms. The van der Waals surface area contributed by atoms with E-state index in [1.165, 1.54) is 5.56 Å². The highest BCUT2D eigenvalue weighted by molar-refractivity contribution is 7.09. The first kappa shape index (κ1) is 12.1. The molecule has 0 fully saturated rings. The van der Waals surface area contributed by atoms with E-state index in [0.29, 0.717) is 6.61 Å². The minimum atomic E-state index is 0.541.